The fourth-order valence-electron chi connectivity index (χ4n) is 1.97. The van der Waals surface area contributed by atoms with Gasteiger partial charge in [-0.15, -0.1) is 6.58 Å². The molecule has 2 rings (SSSR count). The summed E-state index contributed by atoms with van der Waals surface area (Å²) in [6, 6.07) is 11.2. The lowest BCUT2D eigenvalue weighted by atomic mass is 10.1. The zero-order valence-electron chi connectivity index (χ0n) is 10.8. The van der Waals surface area contributed by atoms with Crippen LogP contribution in [-0.2, 0) is 4.79 Å². The highest BCUT2D eigenvalue weighted by atomic mass is 16.4. The third-order valence-corrected chi connectivity index (χ3v) is 2.80. The molecule has 1 N–H and O–H groups in total. The molecule has 5 heteroatoms. The summed E-state index contributed by atoms with van der Waals surface area (Å²) in [7, 11) is 0. The fourth-order valence-corrected chi connectivity index (χ4v) is 1.97. The molecule has 0 aliphatic rings. The third kappa shape index (κ3) is 2.75. The van der Waals surface area contributed by atoms with Crippen LogP contribution in [0.2, 0.25) is 0 Å². The Bertz CT molecular complexity index is 704. The van der Waals surface area contributed by atoms with Gasteiger partial charge in [0.25, 0.3) is 0 Å². The van der Waals surface area contributed by atoms with Crippen molar-refractivity contribution in [3.05, 3.63) is 48.6 Å². The molecule has 0 saturated heterocycles. The van der Waals surface area contributed by atoms with Crippen LogP contribution >= 0.6 is 0 Å². The van der Waals surface area contributed by atoms with Crippen molar-refractivity contribution >= 4 is 22.7 Å². The maximum absolute atomic E-state index is 10.9. The molecule has 0 spiro atoms. The smallest absolute Gasteiger partial charge is 0.323 e. The van der Waals surface area contributed by atoms with E-state index in [-0.39, 0.29) is 6.54 Å². The van der Waals surface area contributed by atoms with Gasteiger partial charge in [-0.2, -0.15) is 5.26 Å². The Kier molecular flexibility index (Phi) is 3.96. The summed E-state index contributed by atoms with van der Waals surface area (Å²) >= 11 is 0. The van der Waals surface area contributed by atoms with Crippen molar-refractivity contribution in [1.82, 2.24) is 4.98 Å². The number of carbonyl (C=O) groups is 1. The molecule has 0 amide bonds. The number of nitrogens with zero attached hydrogens (tertiary/aromatic N) is 3. The van der Waals surface area contributed by atoms with Gasteiger partial charge in [0.05, 0.1) is 11.1 Å². The van der Waals surface area contributed by atoms with E-state index in [1.807, 2.05) is 24.3 Å². The van der Waals surface area contributed by atoms with E-state index >= 15 is 0 Å². The van der Waals surface area contributed by atoms with Gasteiger partial charge in [-0.05, 0) is 12.1 Å². The lowest BCUT2D eigenvalue weighted by Gasteiger charge is -2.21. The largest absolute Gasteiger partial charge is 0.480 e. The number of anilines is 1. The van der Waals surface area contributed by atoms with Crippen molar-refractivity contribution in [3.8, 4) is 6.07 Å². The normalized spacial score (nSPS) is 9.95. The van der Waals surface area contributed by atoms with Crippen molar-refractivity contribution in [2.24, 2.45) is 0 Å². The molecular weight excluding hydrogens is 254 g/mol. The molecule has 0 bridgehead atoms. The van der Waals surface area contributed by atoms with Crippen molar-refractivity contribution in [3.63, 3.8) is 0 Å². The highest BCUT2D eigenvalue weighted by Gasteiger charge is 2.16. The average molecular weight is 267 g/mol. The number of hydrogen-bond acceptors (Lipinski definition) is 4. The number of carboxylic acid groups (broad SMARTS) is 1. The fraction of sp³-hybridized carbons (Fsp3) is 0.133. The first-order valence-electron chi connectivity index (χ1n) is 6.03. The second-order valence-corrected chi connectivity index (χ2v) is 4.23. The summed E-state index contributed by atoms with van der Waals surface area (Å²) in [5.74, 6) is -0.612. The molecule has 5 nitrogen and oxygen atoms in total. The second-order valence-electron chi connectivity index (χ2n) is 4.23. The van der Waals surface area contributed by atoms with E-state index in [0.717, 1.165) is 10.9 Å². The average Bonchev–Trinajstić information content (AvgIpc) is 2.45. The monoisotopic (exact) mass is 267 g/mol. The molecule has 1 aromatic heterocycles. The Morgan fingerprint density at radius 2 is 2.25 bits per heavy atom. The second kappa shape index (κ2) is 5.85. The minimum absolute atomic E-state index is 0.230. The van der Waals surface area contributed by atoms with Gasteiger partial charge in [-0.3, -0.25) is 4.79 Å². The van der Waals surface area contributed by atoms with Crippen LogP contribution in [0.5, 0.6) is 0 Å². The van der Waals surface area contributed by atoms with Gasteiger partial charge in [0, 0.05) is 11.9 Å². The molecule has 0 atom stereocenters. The first kappa shape index (κ1) is 13.6. The number of carboxylic acids is 1. The van der Waals surface area contributed by atoms with Crippen molar-refractivity contribution in [2.45, 2.75) is 0 Å². The molecular formula is C15H13N3O2. The standard InChI is InChI=1S/C15H13N3O2/c1-2-7-18(10-14(19)20)15-12(9-16)8-11-5-3-4-6-13(11)17-15/h2-6,8H,1,7,10H2,(H,19,20). The Hall–Kier alpha value is -2.87. The number of benzene rings is 1. The highest BCUT2D eigenvalue weighted by molar-refractivity contribution is 5.84. The van der Waals surface area contributed by atoms with Gasteiger partial charge in [0.1, 0.15) is 18.4 Å². The molecule has 0 radical (unpaired) electrons. The molecule has 0 fully saturated rings. The van der Waals surface area contributed by atoms with E-state index in [9.17, 15) is 10.1 Å². The van der Waals surface area contributed by atoms with E-state index in [2.05, 4.69) is 17.6 Å². The van der Waals surface area contributed by atoms with Gasteiger partial charge >= 0.3 is 5.97 Å². The third-order valence-electron chi connectivity index (χ3n) is 2.80. The Labute approximate surface area is 116 Å². The van der Waals surface area contributed by atoms with Gasteiger partial charge in [-0.25, -0.2) is 4.98 Å². The molecule has 0 unspecified atom stereocenters. The number of aliphatic carboxylic acids is 1. The van der Waals surface area contributed by atoms with E-state index in [1.165, 1.54) is 4.90 Å². The summed E-state index contributed by atoms with van der Waals surface area (Å²) in [4.78, 5) is 16.9. The number of rotatable bonds is 5. The molecule has 1 heterocycles. The maximum Gasteiger partial charge on any atom is 0.323 e. The minimum Gasteiger partial charge on any atom is -0.480 e. The first-order valence-corrected chi connectivity index (χ1v) is 6.03. The van der Waals surface area contributed by atoms with Crippen LogP contribution in [0.4, 0.5) is 5.82 Å². The summed E-state index contributed by atoms with van der Waals surface area (Å²) in [6.45, 7) is 3.69. The van der Waals surface area contributed by atoms with E-state index in [0.29, 0.717) is 17.9 Å². The summed E-state index contributed by atoms with van der Waals surface area (Å²) < 4.78 is 0. The molecule has 0 aliphatic carbocycles. The van der Waals surface area contributed by atoms with Gasteiger partial charge in [0.2, 0.25) is 0 Å². The number of pyridine rings is 1. The molecule has 0 saturated carbocycles. The predicted octanol–water partition coefficient (Wildman–Crippen LogP) is 2.18. The summed E-state index contributed by atoms with van der Waals surface area (Å²) in [5, 5.41) is 19.1. The number of aromatic nitrogens is 1. The topological polar surface area (TPSA) is 77.2 Å². The Balaban J connectivity index is 2.57. The van der Waals surface area contributed by atoms with Crippen molar-refractivity contribution < 1.29 is 9.90 Å². The molecule has 0 aliphatic heterocycles. The maximum atomic E-state index is 10.9. The van der Waals surface area contributed by atoms with E-state index in [1.54, 1.807) is 12.1 Å². The Morgan fingerprint density at radius 1 is 1.50 bits per heavy atom. The van der Waals surface area contributed by atoms with Gasteiger partial charge in [-0.1, -0.05) is 24.3 Å². The predicted molar refractivity (Wildman–Crippen MR) is 76.5 cm³/mol. The molecule has 20 heavy (non-hydrogen) atoms. The van der Waals surface area contributed by atoms with Crippen LogP contribution in [0.25, 0.3) is 10.9 Å². The SMILES string of the molecule is C=CCN(CC(=O)O)c1nc2ccccc2cc1C#N. The lowest BCUT2D eigenvalue weighted by Crippen LogP contribution is -2.31. The number of fused-ring (bicyclic) bond motifs is 1. The number of hydrogen-bond donors (Lipinski definition) is 1. The number of para-hydroxylation sites is 1. The van der Waals surface area contributed by atoms with Crippen molar-refractivity contribution in [2.75, 3.05) is 18.0 Å². The molecule has 100 valence electrons. The molecule has 2 aromatic rings. The summed E-state index contributed by atoms with van der Waals surface area (Å²) in [6.07, 6.45) is 1.58. The van der Waals surface area contributed by atoms with Gasteiger partial charge in [0.15, 0.2) is 0 Å². The Morgan fingerprint density at radius 3 is 2.90 bits per heavy atom. The van der Waals surface area contributed by atoms with Crippen LogP contribution < -0.4 is 4.90 Å². The first-order chi connectivity index (χ1) is 9.65. The van der Waals surface area contributed by atoms with Crippen LogP contribution in [0.3, 0.4) is 0 Å². The van der Waals surface area contributed by atoms with Gasteiger partial charge < -0.3 is 10.0 Å². The highest BCUT2D eigenvalue weighted by Crippen LogP contribution is 2.23. The molecule has 1 aromatic carbocycles. The lowest BCUT2D eigenvalue weighted by molar-refractivity contribution is -0.135. The zero-order valence-corrected chi connectivity index (χ0v) is 10.8. The van der Waals surface area contributed by atoms with E-state index < -0.39 is 5.97 Å². The number of nitriles is 1. The van der Waals surface area contributed by atoms with Crippen LogP contribution in [0.15, 0.2) is 43.0 Å². The van der Waals surface area contributed by atoms with E-state index in [4.69, 9.17) is 5.11 Å². The van der Waals surface area contributed by atoms with Crippen LogP contribution in [0, 0.1) is 11.3 Å². The van der Waals surface area contributed by atoms with Crippen molar-refractivity contribution in [1.29, 1.82) is 5.26 Å². The van der Waals surface area contributed by atoms with Crippen LogP contribution in [0.1, 0.15) is 5.56 Å². The quantitative estimate of drug-likeness (QED) is 0.840. The van der Waals surface area contributed by atoms with Crippen LogP contribution in [-0.4, -0.2) is 29.1 Å². The summed E-state index contributed by atoms with van der Waals surface area (Å²) in [5.41, 5.74) is 1.08. The zero-order chi connectivity index (χ0) is 14.5. The minimum atomic E-state index is -0.981.